The van der Waals surface area contributed by atoms with Crippen molar-refractivity contribution in [1.82, 2.24) is 15.2 Å². The molecule has 0 aliphatic heterocycles. The third-order valence-corrected chi connectivity index (χ3v) is 3.88. The fraction of sp³-hybridized carbons (Fsp3) is 0.111. The molecule has 1 heterocycles. The quantitative estimate of drug-likeness (QED) is 0.531. The zero-order valence-electron chi connectivity index (χ0n) is 14.0. The first-order valence-corrected chi connectivity index (χ1v) is 7.81. The van der Waals surface area contributed by atoms with Crippen LogP contribution in [0.25, 0.3) is 5.69 Å². The molecular formula is C18H14F4N4O. The number of nitrogens with one attached hydrogen (secondary N) is 2. The molecule has 0 atom stereocenters. The normalized spacial score (nSPS) is 11.3. The SMILES string of the molecule is Cc1c(C(=O)NNc2ccccc2C(F)(F)F)cnn1-c1ccccc1F. The van der Waals surface area contributed by atoms with Crippen LogP contribution in [0.1, 0.15) is 21.6 Å². The van der Waals surface area contributed by atoms with Crippen LogP contribution in [0.15, 0.2) is 54.7 Å². The predicted octanol–water partition coefficient (Wildman–Crippen LogP) is 4.10. The molecule has 1 amide bonds. The van der Waals surface area contributed by atoms with Crippen LogP contribution in [0.4, 0.5) is 23.2 Å². The number of hydrogen-bond donors (Lipinski definition) is 2. The summed E-state index contributed by atoms with van der Waals surface area (Å²) in [5, 5.41) is 3.99. The number of nitrogens with zero attached hydrogens (tertiary/aromatic N) is 2. The van der Waals surface area contributed by atoms with Gasteiger partial charge in [-0.3, -0.25) is 15.6 Å². The van der Waals surface area contributed by atoms with Crippen LogP contribution in [0, 0.1) is 12.7 Å². The zero-order valence-corrected chi connectivity index (χ0v) is 14.0. The molecule has 27 heavy (non-hydrogen) atoms. The average molecular weight is 378 g/mol. The lowest BCUT2D eigenvalue weighted by atomic mass is 10.2. The van der Waals surface area contributed by atoms with E-state index in [0.29, 0.717) is 5.69 Å². The smallest absolute Gasteiger partial charge is 0.298 e. The summed E-state index contributed by atoms with van der Waals surface area (Å²) in [5.74, 6) is -1.22. The van der Waals surface area contributed by atoms with Gasteiger partial charge >= 0.3 is 6.18 Å². The van der Waals surface area contributed by atoms with Gasteiger partial charge in [0.2, 0.25) is 0 Å². The second-order valence-corrected chi connectivity index (χ2v) is 5.63. The Labute approximate surface area is 151 Å². The minimum absolute atomic E-state index is 0.0928. The molecule has 0 radical (unpaired) electrons. The fourth-order valence-corrected chi connectivity index (χ4v) is 2.53. The van der Waals surface area contributed by atoms with Crippen LogP contribution < -0.4 is 10.9 Å². The van der Waals surface area contributed by atoms with E-state index in [0.717, 1.165) is 6.07 Å². The Balaban J connectivity index is 1.80. The number of aromatic nitrogens is 2. The number of amides is 1. The van der Waals surface area contributed by atoms with Crippen molar-refractivity contribution in [1.29, 1.82) is 0 Å². The Morgan fingerprint density at radius 3 is 2.44 bits per heavy atom. The van der Waals surface area contributed by atoms with Gasteiger partial charge in [-0.1, -0.05) is 24.3 Å². The summed E-state index contributed by atoms with van der Waals surface area (Å²) in [6.45, 7) is 1.55. The lowest BCUT2D eigenvalue weighted by Crippen LogP contribution is -2.30. The highest BCUT2D eigenvalue weighted by Crippen LogP contribution is 2.34. The highest BCUT2D eigenvalue weighted by molar-refractivity contribution is 5.95. The second kappa shape index (κ2) is 7.10. The number of halogens is 4. The van der Waals surface area contributed by atoms with E-state index in [1.54, 1.807) is 13.0 Å². The molecule has 0 fully saturated rings. The molecule has 9 heteroatoms. The van der Waals surface area contributed by atoms with E-state index in [-0.39, 0.29) is 16.9 Å². The highest BCUT2D eigenvalue weighted by Gasteiger charge is 2.33. The maximum Gasteiger partial charge on any atom is 0.418 e. The molecule has 0 unspecified atom stereocenters. The lowest BCUT2D eigenvalue weighted by molar-refractivity contribution is -0.137. The van der Waals surface area contributed by atoms with Crippen molar-refractivity contribution in [2.75, 3.05) is 5.43 Å². The van der Waals surface area contributed by atoms with E-state index in [4.69, 9.17) is 0 Å². The number of carbonyl (C=O) groups is 1. The summed E-state index contributed by atoms with van der Waals surface area (Å²) in [7, 11) is 0. The number of anilines is 1. The maximum absolute atomic E-state index is 13.9. The van der Waals surface area contributed by atoms with Crippen LogP contribution in [0.5, 0.6) is 0 Å². The average Bonchev–Trinajstić information content (AvgIpc) is 3.01. The van der Waals surface area contributed by atoms with E-state index in [9.17, 15) is 22.4 Å². The monoisotopic (exact) mass is 378 g/mol. The number of alkyl halides is 3. The third-order valence-electron chi connectivity index (χ3n) is 3.88. The van der Waals surface area contributed by atoms with E-state index in [1.165, 1.54) is 47.3 Å². The summed E-state index contributed by atoms with van der Waals surface area (Å²) >= 11 is 0. The molecule has 140 valence electrons. The van der Waals surface area contributed by atoms with Gasteiger partial charge in [-0.25, -0.2) is 9.07 Å². The third kappa shape index (κ3) is 3.76. The molecule has 0 bridgehead atoms. The van der Waals surface area contributed by atoms with Crippen molar-refractivity contribution in [2.24, 2.45) is 0 Å². The summed E-state index contributed by atoms with van der Waals surface area (Å²) in [6.07, 6.45) is -3.35. The molecule has 5 nitrogen and oxygen atoms in total. The van der Waals surface area contributed by atoms with Gasteiger partial charge in [0.15, 0.2) is 0 Å². The van der Waals surface area contributed by atoms with Crippen molar-refractivity contribution in [3.05, 3.63) is 77.4 Å². The summed E-state index contributed by atoms with van der Waals surface area (Å²) in [5.41, 5.74) is 3.87. The highest BCUT2D eigenvalue weighted by atomic mass is 19.4. The Morgan fingerprint density at radius 1 is 1.07 bits per heavy atom. The molecular weight excluding hydrogens is 364 g/mol. The van der Waals surface area contributed by atoms with Crippen molar-refractivity contribution < 1.29 is 22.4 Å². The molecule has 3 aromatic rings. The number of para-hydroxylation sites is 2. The van der Waals surface area contributed by atoms with Gasteiger partial charge < -0.3 is 0 Å². The second-order valence-electron chi connectivity index (χ2n) is 5.63. The lowest BCUT2D eigenvalue weighted by Gasteiger charge is -2.14. The van der Waals surface area contributed by atoms with Crippen LogP contribution in [0.3, 0.4) is 0 Å². The molecule has 2 aromatic carbocycles. The van der Waals surface area contributed by atoms with Crippen LogP contribution in [0.2, 0.25) is 0 Å². The van der Waals surface area contributed by atoms with Gasteiger partial charge in [-0.05, 0) is 31.2 Å². The van der Waals surface area contributed by atoms with E-state index >= 15 is 0 Å². The van der Waals surface area contributed by atoms with Gasteiger partial charge in [-0.2, -0.15) is 18.3 Å². The predicted molar refractivity (Wildman–Crippen MR) is 90.8 cm³/mol. The first-order chi connectivity index (χ1) is 12.8. The van der Waals surface area contributed by atoms with Crippen molar-refractivity contribution in [3.8, 4) is 5.69 Å². The topological polar surface area (TPSA) is 59.0 Å². The van der Waals surface area contributed by atoms with Crippen molar-refractivity contribution in [3.63, 3.8) is 0 Å². The first kappa shape index (κ1) is 18.4. The Kier molecular flexibility index (Phi) is 4.85. The summed E-state index contributed by atoms with van der Waals surface area (Å²) in [4.78, 5) is 12.3. The standard InChI is InChI=1S/C18H14F4N4O/c1-11-12(10-23-26(11)16-9-5-3-7-14(16)19)17(27)25-24-15-8-4-2-6-13(15)18(20,21)22/h2-10,24H,1H3,(H,25,27). The van der Waals surface area contributed by atoms with Crippen molar-refractivity contribution in [2.45, 2.75) is 13.1 Å². The van der Waals surface area contributed by atoms with Crippen LogP contribution >= 0.6 is 0 Å². The number of hydrazine groups is 1. The Bertz CT molecular complexity index is 981. The van der Waals surface area contributed by atoms with Gasteiger partial charge in [0.25, 0.3) is 5.91 Å². The largest absolute Gasteiger partial charge is 0.418 e. The molecule has 0 saturated carbocycles. The molecule has 0 aliphatic carbocycles. The van der Waals surface area contributed by atoms with Crippen LogP contribution in [-0.4, -0.2) is 15.7 Å². The van der Waals surface area contributed by atoms with Gasteiger partial charge in [0.05, 0.1) is 28.7 Å². The number of hydrogen-bond acceptors (Lipinski definition) is 3. The molecule has 1 aromatic heterocycles. The minimum atomic E-state index is -4.57. The van der Waals surface area contributed by atoms with Gasteiger partial charge in [0, 0.05) is 0 Å². The van der Waals surface area contributed by atoms with Gasteiger partial charge in [0.1, 0.15) is 11.5 Å². The molecule has 0 saturated heterocycles. The zero-order chi connectivity index (χ0) is 19.6. The number of carbonyl (C=O) groups excluding carboxylic acids is 1. The maximum atomic E-state index is 13.9. The number of benzene rings is 2. The Hall–Kier alpha value is -3.36. The summed E-state index contributed by atoms with van der Waals surface area (Å²) < 4.78 is 54.1. The van der Waals surface area contributed by atoms with E-state index in [2.05, 4.69) is 16.0 Å². The number of rotatable bonds is 4. The summed E-state index contributed by atoms with van der Waals surface area (Å²) in [6, 6.07) is 10.6. The van der Waals surface area contributed by atoms with E-state index < -0.39 is 23.5 Å². The molecule has 0 aliphatic rings. The Morgan fingerprint density at radius 2 is 1.74 bits per heavy atom. The minimum Gasteiger partial charge on any atom is -0.298 e. The molecule has 3 rings (SSSR count). The van der Waals surface area contributed by atoms with E-state index in [1.807, 2.05) is 0 Å². The molecule has 2 N–H and O–H groups in total. The van der Waals surface area contributed by atoms with Gasteiger partial charge in [-0.15, -0.1) is 0 Å². The molecule has 0 spiro atoms. The van der Waals surface area contributed by atoms with Crippen molar-refractivity contribution >= 4 is 11.6 Å². The van der Waals surface area contributed by atoms with Crippen LogP contribution in [-0.2, 0) is 6.18 Å². The fourth-order valence-electron chi connectivity index (χ4n) is 2.53. The first-order valence-electron chi connectivity index (χ1n) is 7.81.